The van der Waals surface area contributed by atoms with Gasteiger partial charge in [-0.3, -0.25) is 9.59 Å². The van der Waals surface area contributed by atoms with E-state index in [1.165, 1.54) is 49.2 Å². The minimum absolute atomic E-state index is 0.0184. The molecule has 2 heterocycles. The molecule has 1 saturated heterocycles. The van der Waals surface area contributed by atoms with Crippen molar-refractivity contribution >= 4 is 33.3 Å². The first-order chi connectivity index (χ1) is 15.9. The van der Waals surface area contributed by atoms with Crippen LogP contribution in [0, 0.1) is 0 Å². The van der Waals surface area contributed by atoms with Gasteiger partial charge in [0.05, 0.1) is 17.0 Å². The fourth-order valence-electron chi connectivity index (χ4n) is 3.39. The molecule has 0 atom stereocenters. The van der Waals surface area contributed by atoms with Crippen molar-refractivity contribution in [3.63, 3.8) is 0 Å². The van der Waals surface area contributed by atoms with Gasteiger partial charge in [-0.15, -0.1) is 0 Å². The summed E-state index contributed by atoms with van der Waals surface area (Å²) in [6.07, 6.45) is -3.69. The van der Waals surface area contributed by atoms with Crippen molar-refractivity contribution in [1.29, 1.82) is 0 Å². The summed E-state index contributed by atoms with van der Waals surface area (Å²) >= 11 is 0. The van der Waals surface area contributed by atoms with Crippen molar-refractivity contribution in [3.05, 3.63) is 48.2 Å². The van der Waals surface area contributed by atoms with Crippen molar-refractivity contribution < 1.29 is 31.2 Å². The lowest BCUT2D eigenvalue weighted by Crippen LogP contribution is -2.51. The van der Waals surface area contributed by atoms with E-state index in [9.17, 15) is 31.2 Å². The molecule has 13 heteroatoms. The first kappa shape index (κ1) is 25.4. The number of carbonyl (C=O) groups is 2. The number of hydrogen-bond donors (Lipinski definition) is 1. The van der Waals surface area contributed by atoms with Gasteiger partial charge in [0.15, 0.2) is 0 Å². The van der Waals surface area contributed by atoms with Crippen molar-refractivity contribution in [2.24, 2.45) is 0 Å². The van der Waals surface area contributed by atoms with Crippen LogP contribution in [0.3, 0.4) is 0 Å². The number of nitrogens with zero attached hydrogens (tertiary/aromatic N) is 4. The first-order valence-corrected chi connectivity index (χ1v) is 11.7. The van der Waals surface area contributed by atoms with Crippen LogP contribution in [0.1, 0.15) is 12.5 Å². The maximum Gasteiger partial charge on any atom is 0.417 e. The van der Waals surface area contributed by atoms with E-state index in [-0.39, 0.29) is 36.3 Å². The van der Waals surface area contributed by atoms with Crippen LogP contribution in [0.15, 0.2) is 47.5 Å². The lowest BCUT2D eigenvalue weighted by Gasteiger charge is -2.36. The maximum absolute atomic E-state index is 12.8. The molecule has 2 amide bonds. The quantitative estimate of drug-likeness (QED) is 0.653. The number of piperazine rings is 1. The van der Waals surface area contributed by atoms with Crippen LogP contribution >= 0.6 is 0 Å². The Labute approximate surface area is 195 Å². The number of pyridine rings is 1. The third-order valence-electron chi connectivity index (χ3n) is 5.27. The van der Waals surface area contributed by atoms with Crippen molar-refractivity contribution in [2.75, 3.05) is 50.0 Å². The summed E-state index contributed by atoms with van der Waals surface area (Å²) in [5, 5.41) is 2.55. The van der Waals surface area contributed by atoms with E-state index in [0.29, 0.717) is 24.6 Å². The average molecular weight is 500 g/mol. The Morgan fingerprint density at radius 1 is 1.06 bits per heavy atom. The molecule has 1 aliphatic heterocycles. The number of anilines is 2. The third kappa shape index (κ3) is 6.03. The van der Waals surface area contributed by atoms with E-state index in [1.54, 1.807) is 4.90 Å². The summed E-state index contributed by atoms with van der Waals surface area (Å²) in [5.74, 6) is -0.295. The Kier molecular flexibility index (Phi) is 7.46. The molecule has 0 spiro atoms. The molecule has 0 radical (unpaired) electrons. The Hall–Kier alpha value is -3.19. The Morgan fingerprint density at radius 2 is 1.68 bits per heavy atom. The number of alkyl halides is 3. The largest absolute Gasteiger partial charge is 0.417 e. The minimum Gasteiger partial charge on any atom is -0.353 e. The zero-order chi connectivity index (χ0) is 25.1. The number of nitrogens with one attached hydrogen (secondary N) is 1. The lowest BCUT2D eigenvalue weighted by atomic mass is 10.2. The van der Waals surface area contributed by atoms with E-state index in [0.717, 1.165) is 16.6 Å². The summed E-state index contributed by atoms with van der Waals surface area (Å²) in [5.41, 5.74) is -0.385. The van der Waals surface area contributed by atoms with Gasteiger partial charge in [-0.1, -0.05) is 0 Å². The van der Waals surface area contributed by atoms with Crippen LogP contribution in [-0.2, 0) is 25.8 Å². The van der Waals surface area contributed by atoms with Crippen LogP contribution in [0.2, 0.25) is 0 Å². The van der Waals surface area contributed by atoms with Crippen LogP contribution in [0.4, 0.5) is 24.7 Å². The normalized spacial score (nSPS) is 14.9. The van der Waals surface area contributed by atoms with Crippen LogP contribution in [0.5, 0.6) is 0 Å². The molecule has 1 aromatic heterocycles. The monoisotopic (exact) mass is 499 g/mol. The molecule has 34 heavy (non-hydrogen) atoms. The first-order valence-electron chi connectivity index (χ1n) is 10.3. The predicted molar refractivity (Wildman–Crippen MR) is 119 cm³/mol. The zero-order valence-electron chi connectivity index (χ0n) is 18.5. The molecule has 9 nitrogen and oxygen atoms in total. The van der Waals surface area contributed by atoms with Crippen molar-refractivity contribution in [3.8, 4) is 0 Å². The molecule has 0 unspecified atom stereocenters. The molecule has 2 aromatic rings. The molecular weight excluding hydrogens is 475 g/mol. The molecule has 1 aromatic carbocycles. The second kappa shape index (κ2) is 9.97. The van der Waals surface area contributed by atoms with Crippen LogP contribution in [-0.4, -0.2) is 74.2 Å². The highest BCUT2D eigenvalue weighted by atomic mass is 32.2. The highest BCUT2D eigenvalue weighted by Crippen LogP contribution is 2.29. The van der Waals surface area contributed by atoms with Gasteiger partial charge in [0.2, 0.25) is 21.8 Å². The molecular formula is C21H24F3N5O4S. The van der Waals surface area contributed by atoms with Crippen LogP contribution < -0.4 is 10.2 Å². The number of halogens is 3. The second-order valence-corrected chi connectivity index (χ2v) is 9.78. The van der Waals surface area contributed by atoms with Gasteiger partial charge in [0.1, 0.15) is 5.82 Å². The second-order valence-electron chi connectivity index (χ2n) is 7.74. The van der Waals surface area contributed by atoms with Crippen LogP contribution in [0.25, 0.3) is 0 Å². The number of hydrogen-bond acceptors (Lipinski definition) is 6. The Morgan fingerprint density at radius 3 is 2.18 bits per heavy atom. The topological polar surface area (TPSA) is 103 Å². The highest BCUT2D eigenvalue weighted by molar-refractivity contribution is 7.89. The van der Waals surface area contributed by atoms with E-state index in [4.69, 9.17) is 0 Å². The van der Waals surface area contributed by atoms with Gasteiger partial charge in [0, 0.05) is 52.0 Å². The Bertz CT molecular complexity index is 1130. The molecule has 1 N–H and O–H groups in total. The number of likely N-dealkylation sites (N-methyl/N-ethyl adjacent to an activating group) is 1. The Balaban J connectivity index is 1.56. The predicted octanol–water partition coefficient (Wildman–Crippen LogP) is 2.03. The third-order valence-corrected chi connectivity index (χ3v) is 7.09. The van der Waals surface area contributed by atoms with E-state index in [2.05, 4.69) is 10.3 Å². The molecule has 0 saturated carbocycles. The fraction of sp³-hybridized carbons (Fsp3) is 0.381. The lowest BCUT2D eigenvalue weighted by molar-refractivity contribution is -0.138. The molecule has 184 valence electrons. The van der Waals surface area contributed by atoms with Crippen molar-refractivity contribution in [2.45, 2.75) is 18.0 Å². The highest BCUT2D eigenvalue weighted by Gasteiger charge is 2.31. The fourth-order valence-corrected chi connectivity index (χ4v) is 4.51. The number of carbonyl (C=O) groups excluding carboxylic acids is 2. The van der Waals surface area contributed by atoms with Gasteiger partial charge in [-0.05, 0) is 36.4 Å². The standard InChI is InChI=1S/C21H24F3N5O4S/c1-15(30)26-17-4-6-18(7-5-17)34(32,33)27(2)14-20(31)29-11-9-28(10-12-29)19-8-3-16(13-25-19)21(22,23)24/h3-8,13H,9-12,14H2,1-2H3,(H,26,30). The number of sulfonamides is 1. The van der Waals surface area contributed by atoms with E-state index >= 15 is 0 Å². The van der Waals surface area contributed by atoms with Gasteiger partial charge in [-0.25, -0.2) is 13.4 Å². The van der Waals surface area contributed by atoms with Crippen molar-refractivity contribution in [1.82, 2.24) is 14.2 Å². The maximum atomic E-state index is 12.8. The number of rotatable bonds is 6. The summed E-state index contributed by atoms with van der Waals surface area (Å²) in [7, 11) is -2.62. The summed E-state index contributed by atoms with van der Waals surface area (Å²) in [4.78, 5) is 30.9. The average Bonchev–Trinajstić information content (AvgIpc) is 2.78. The summed E-state index contributed by atoms with van der Waals surface area (Å²) in [6.45, 7) is 2.23. The molecule has 0 bridgehead atoms. The molecule has 1 fully saturated rings. The SMILES string of the molecule is CC(=O)Nc1ccc(S(=O)(=O)N(C)CC(=O)N2CCN(c3ccc(C(F)(F)F)cn3)CC2)cc1. The van der Waals surface area contributed by atoms with Gasteiger partial charge in [0.25, 0.3) is 0 Å². The molecule has 0 aliphatic carbocycles. The van der Waals surface area contributed by atoms with Gasteiger partial charge in [-0.2, -0.15) is 17.5 Å². The van der Waals surface area contributed by atoms with Gasteiger partial charge < -0.3 is 15.1 Å². The smallest absolute Gasteiger partial charge is 0.353 e. The molecule has 3 rings (SSSR count). The zero-order valence-corrected chi connectivity index (χ0v) is 19.4. The summed E-state index contributed by atoms with van der Waals surface area (Å²) < 4.78 is 64.6. The van der Waals surface area contributed by atoms with Gasteiger partial charge >= 0.3 is 6.18 Å². The number of amides is 2. The minimum atomic E-state index is -4.46. The van der Waals surface area contributed by atoms with E-state index < -0.39 is 21.8 Å². The molecule has 1 aliphatic rings. The van der Waals surface area contributed by atoms with E-state index in [1.807, 2.05) is 0 Å². The number of aromatic nitrogens is 1. The summed E-state index contributed by atoms with van der Waals surface area (Å²) in [6, 6.07) is 7.85. The number of benzene rings is 1.